The van der Waals surface area contributed by atoms with E-state index >= 15 is 0 Å². The van der Waals surface area contributed by atoms with Crippen molar-refractivity contribution in [3.63, 3.8) is 0 Å². The molecule has 0 aliphatic carbocycles. The normalized spacial score (nSPS) is 10.2. The van der Waals surface area contributed by atoms with Gasteiger partial charge in [-0.25, -0.2) is 4.79 Å². The number of carbonyl (C=O) groups excluding carboxylic acids is 2. The SMILES string of the molecule is O=C(CCCCCl)Oc1ccccc1OC(=O)c1cccc(Br)c1. The first-order chi connectivity index (χ1) is 11.6. The molecular formula is C18H16BrClO4. The number of halogens is 2. The number of esters is 2. The Bertz CT molecular complexity index is 718. The minimum atomic E-state index is -0.526. The van der Waals surface area contributed by atoms with Gasteiger partial charge in [0.25, 0.3) is 0 Å². The Kier molecular flexibility index (Phi) is 7.28. The highest BCUT2D eigenvalue weighted by Crippen LogP contribution is 2.28. The van der Waals surface area contributed by atoms with Gasteiger partial charge in [0.15, 0.2) is 11.5 Å². The summed E-state index contributed by atoms with van der Waals surface area (Å²) in [5.41, 5.74) is 0.396. The van der Waals surface area contributed by atoms with E-state index < -0.39 is 5.97 Å². The van der Waals surface area contributed by atoms with Gasteiger partial charge in [-0.1, -0.05) is 34.1 Å². The van der Waals surface area contributed by atoms with Gasteiger partial charge in [0, 0.05) is 16.8 Å². The van der Waals surface area contributed by atoms with Crippen molar-refractivity contribution in [3.8, 4) is 11.5 Å². The third-order valence-corrected chi connectivity index (χ3v) is 3.86. The van der Waals surface area contributed by atoms with E-state index in [4.69, 9.17) is 21.1 Å². The van der Waals surface area contributed by atoms with Crippen LogP contribution in [0.1, 0.15) is 29.6 Å². The molecule has 0 atom stereocenters. The molecule has 0 fully saturated rings. The number of para-hydroxylation sites is 2. The lowest BCUT2D eigenvalue weighted by molar-refractivity contribution is -0.134. The molecule has 0 aromatic heterocycles. The van der Waals surface area contributed by atoms with E-state index in [0.29, 0.717) is 17.9 Å². The highest BCUT2D eigenvalue weighted by atomic mass is 79.9. The second kappa shape index (κ2) is 9.45. The fourth-order valence-electron chi connectivity index (χ4n) is 1.93. The topological polar surface area (TPSA) is 52.6 Å². The van der Waals surface area contributed by atoms with Gasteiger partial charge in [0.2, 0.25) is 0 Å². The molecule has 2 rings (SSSR count). The molecule has 2 aromatic carbocycles. The Labute approximate surface area is 153 Å². The van der Waals surface area contributed by atoms with E-state index in [1.54, 1.807) is 42.5 Å². The molecule has 0 heterocycles. The van der Waals surface area contributed by atoms with Crippen molar-refractivity contribution in [2.45, 2.75) is 19.3 Å². The minimum Gasteiger partial charge on any atom is -0.423 e. The van der Waals surface area contributed by atoms with Crippen molar-refractivity contribution < 1.29 is 19.1 Å². The minimum absolute atomic E-state index is 0.202. The zero-order chi connectivity index (χ0) is 17.4. The molecule has 0 N–H and O–H groups in total. The summed E-state index contributed by atoms with van der Waals surface area (Å²) < 4.78 is 11.4. The van der Waals surface area contributed by atoms with E-state index in [-0.39, 0.29) is 23.9 Å². The molecule has 0 unspecified atom stereocenters. The Morgan fingerprint density at radius 2 is 1.67 bits per heavy atom. The van der Waals surface area contributed by atoms with Crippen molar-refractivity contribution in [3.05, 3.63) is 58.6 Å². The van der Waals surface area contributed by atoms with Crippen LogP contribution in [0.5, 0.6) is 11.5 Å². The quantitative estimate of drug-likeness (QED) is 0.279. The van der Waals surface area contributed by atoms with E-state index in [1.807, 2.05) is 6.07 Å². The van der Waals surface area contributed by atoms with Crippen LogP contribution in [0.4, 0.5) is 0 Å². The maximum atomic E-state index is 12.2. The predicted molar refractivity (Wildman–Crippen MR) is 95.7 cm³/mol. The first kappa shape index (κ1) is 18.5. The smallest absolute Gasteiger partial charge is 0.343 e. The van der Waals surface area contributed by atoms with Gasteiger partial charge >= 0.3 is 11.9 Å². The van der Waals surface area contributed by atoms with Crippen molar-refractivity contribution >= 4 is 39.5 Å². The number of hydrogen-bond donors (Lipinski definition) is 0. The zero-order valence-corrected chi connectivity index (χ0v) is 15.2. The summed E-state index contributed by atoms with van der Waals surface area (Å²) in [6.45, 7) is 0. The lowest BCUT2D eigenvalue weighted by Crippen LogP contribution is -2.12. The second-order valence-corrected chi connectivity index (χ2v) is 6.26. The maximum absolute atomic E-state index is 12.2. The fourth-order valence-corrected chi connectivity index (χ4v) is 2.52. The summed E-state index contributed by atoms with van der Waals surface area (Å²) >= 11 is 8.89. The Morgan fingerprint density at radius 3 is 2.33 bits per heavy atom. The van der Waals surface area contributed by atoms with E-state index in [2.05, 4.69) is 15.9 Å². The van der Waals surface area contributed by atoms with Crippen molar-refractivity contribution in [1.82, 2.24) is 0 Å². The van der Waals surface area contributed by atoms with E-state index in [1.165, 1.54) is 0 Å². The van der Waals surface area contributed by atoms with Crippen LogP contribution >= 0.6 is 27.5 Å². The molecule has 0 saturated carbocycles. The lowest BCUT2D eigenvalue weighted by atomic mass is 10.2. The molecule has 0 radical (unpaired) electrons. The lowest BCUT2D eigenvalue weighted by Gasteiger charge is -2.10. The van der Waals surface area contributed by atoms with Gasteiger partial charge in [-0.3, -0.25) is 4.79 Å². The maximum Gasteiger partial charge on any atom is 0.343 e. The average molecular weight is 412 g/mol. The van der Waals surface area contributed by atoms with Crippen LogP contribution in [0.15, 0.2) is 53.0 Å². The summed E-state index contributed by atoms with van der Waals surface area (Å²) in [7, 11) is 0. The Morgan fingerprint density at radius 1 is 0.958 bits per heavy atom. The number of alkyl halides is 1. The summed E-state index contributed by atoms with van der Waals surface area (Å²) in [6.07, 6.45) is 1.67. The van der Waals surface area contributed by atoms with Crippen LogP contribution in [0.25, 0.3) is 0 Å². The standard InChI is InChI=1S/C18H16BrClO4/c19-14-7-5-6-13(12-14)18(22)24-16-9-2-1-8-15(16)23-17(21)10-3-4-11-20/h1-2,5-9,12H,3-4,10-11H2. The summed E-state index contributed by atoms with van der Waals surface area (Å²) in [5, 5.41) is 0. The molecule has 6 heteroatoms. The van der Waals surface area contributed by atoms with E-state index in [9.17, 15) is 9.59 Å². The number of carbonyl (C=O) groups is 2. The number of rotatable bonds is 7. The van der Waals surface area contributed by atoms with Crippen LogP contribution in [-0.4, -0.2) is 17.8 Å². The Hall–Kier alpha value is -1.85. The molecule has 2 aromatic rings. The molecule has 0 saturated heterocycles. The molecule has 4 nitrogen and oxygen atoms in total. The zero-order valence-electron chi connectivity index (χ0n) is 12.8. The summed E-state index contributed by atoms with van der Waals surface area (Å²) in [6, 6.07) is 13.4. The van der Waals surface area contributed by atoms with Gasteiger partial charge in [-0.05, 0) is 43.2 Å². The van der Waals surface area contributed by atoms with Crippen molar-refractivity contribution in [2.75, 3.05) is 5.88 Å². The molecule has 0 amide bonds. The number of ether oxygens (including phenoxy) is 2. The highest BCUT2D eigenvalue weighted by molar-refractivity contribution is 9.10. The van der Waals surface area contributed by atoms with Crippen LogP contribution < -0.4 is 9.47 Å². The van der Waals surface area contributed by atoms with Crippen LogP contribution in [0, 0.1) is 0 Å². The monoisotopic (exact) mass is 410 g/mol. The van der Waals surface area contributed by atoms with Gasteiger partial charge in [-0.2, -0.15) is 0 Å². The van der Waals surface area contributed by atoms with Gasteiger partial charge in [0.05, 0.1) is 5.56 Å². The molecule has 0 aliphatic heterocycles. The first-order valence-electron chi connectivity index (χ1n) is 7.43. The number of hydrogen-bond acceptors (Lipinski definition) is 4. The largest absolute Gasteiger partial charge is 0.423 e. The summed E-state index contributed by atoms with van der Waals surface area (Å²) in [5.74, 6) is 0.0200. The van der Waals surface area contributed by atoms with E-state index in [0.717, 1.165) is 10.9 Å². The Balaban J connectivity index is 2.05. The highest BCUT2D eigenvalue weighted by Gasteiger charge is 2.14. The molecule has 126 valence electrons. The number of unbranched alkanes of at least 4 members (excludes halogenated alkanes) is 1. The average Bonchev–Trinajstić information content (AvgIpc) is 2.57. The predicted octanol–water partition coefficient (Wildman–Crippen LogP) is 4.98. The summed E-state index contributed by atoms with van der Waals surface area (Å²) in [4.78, 5) is 24.0. The number of benzene rings is 2. The molecule has 0 spiro atoms. The van der Waals surface area contributed by atoms with Crippen LogP contribution in [0.3, 0.4) is 0 Å². The molecule has 0 bridgehead atoms. The first-order valence-corrected chi connectivity index (χ1v) is 8.76. The third kappa shape index (κ3) is 5.65. The molecular weight excluding hydrogens is 396 g/mol. The second-order valence-electron chi connectivity index (χ2n) is 4.97. The molecule has 24 heavy (non-hydrogen) atoms. The van der Waals surface area contributed by atoms with Crippen molar-refractivity contribution in [1.29, 1.82) is 0 Å². The van der Waals surface area contributed by atoms with Gasteiger partial charge < -0.3 is 9.47 Å². The fraction of sp³-hybridized carbons (Fsp3) is 0.222. The van der Waals surface area contributed by atoms with Crippen molar-refractivity contribution in [2.24, 2.45) is 0 Å². The van der Waals surface area contributed by atoms with Crippen LogP contribution in [-0.2, 0) is 4.79 Å². The molecule has 0 aliphatic rings. The third-order valence-electron chi connectivity index (χ3n) is 3.10. The van der Waals surface area contributed by atoms with Gasteiger partial charge in [0.1, 0.15) is 0 Å². The van der Waals surface area contributed by atoms with Crippen LogP contribution in [0.2, 0.25) is 0 Å². The van der Waals surface area contributed by atoms with Gasteiger partial charge in [-0.15, -0.1) is 11.6 Å².